The van der Waals surface area contributed by atoms with Crippen LogP contribution in [0.1, 0.15) is 0 Å². The minimum Gasteiger partial charge on any atom is -0.464 e. The summed E-state index contributed by atoms with van der Waals surface area (Å²) in [6.45, 7) is 0.419. The lowest BCUT2D eigenvalue weighted by Gasteiger charge is -2.21. The van der Waals surface area contributed by atoms with E-state index in [1.807, 2.05) is 30.3 Å². The van der Waals surface area contributed by atoms with Crippen molar-refractivity contribution in [2.75, 3.05) is 13.7 Å². The van der Waals surface area contributed by atoms with Crippen LogP contribution in [0, 0.1) is 0 Å². The summed E-state index contributed by atoms with van der Waals surface area (Å²) in [5.41, 5.74) is 0. The number of hydrogen-bond donors (Lipinski definition) is 0. The second kappa shape index (κ2) is 4.98. The predicted molar refractivity (Wildman–Crippen MR) is 59.5 cm³/mol. The lowest BCUT2D eigenvalue weighted by atomic mass is 10.3. The molecule has 1 aromatic rings. The molecule has 0 unspecified atom stereocenters. The first kappa shape index (κ1) is 11.0. The largest absolute Gasteiger partial charge is 0.464 e. The fourth-order valence-electron chi connectivity index (χ4n) is 0.858. The molecule has 0 aliphatic rings. The highest BCUT2D eigenvalue weighted by Gasteiger charge is 2.24. The Labute approximate surface area is 94.5 Å². The van der Waals surface area contributed by atoms with E-state index in [0.29, 0.717) is 6.61 Å². The number of para-hydroxylation sites is 1. The molecule has 0 atom stereocenters. The van der Waals surface area contributed by atoms with Crippen molar-refractivity contribution in [2.45, 2.75) is 3.42 Å². The number of ether oxygens (including phenoxy) is 2. The zero-order valence-electron chi connectivity index (χ0n) is 7.17. The Morgan fingerprint density at radius 3 is 2.38 bits per heavy atom. The third kappa shape index (κ3) is 4.11. The van der Waals surface area contributed by atoms with Gasteiger partial charge in [-0.2, -0.15) is 0 Å². The lowest BCUT2D eigenvalue weighted by molar-refractivity contribution is 0.118. The second-order valence-electron chi connectivity index (χ2n) is 2.49. The summed E-state index contributed by atoms with van der Waals surface area (Å²) in [4.78, 5) is 0. The van der Waals surface area contributed by atoms with Gasteiger partial charge in [-0.25, -0.2) is 0 Å². The fraction of sp³-hybridized carbons (Fsp3) is 0.333. The van der Waals surface area contributed by atoms with Gasteiger partial charge in [0, 0.05) is 7.11 Å². The zero-order valence-corrected chi connectivity index (χ0v) is 10.3. The van der Waals surface area contributed by atoms with Gasteiger partial charge < -0.3 is 9.47 Å². The van der Waals surface area contributed by atoms with Crippen LogP contribution in [-0.2, 0) is 4.74 Å². The van der Waals surface area contributed by atoms with Gasteiger partial charge in [0.1, 0.15) is 12.4 Å². The van der Waals surface area contributed by atoms with Gasteiger partial charge in [-0.05, 0) is 44.0 Å². The van der Waals surface area contributed by atoms with Crippen LogP contribution in [0.2, 0.25) is 0 Å². The lowest BCUT2D eigenvalue weighted by Crippen LogP contribution is -2.26. The van der Waals surface area contributed by atoms with E-state index in [1.165, 1.54) is 0 Å². The Morgan fingerprint density at radius 1 is 1.23 bits per heavy atom. The van der Waals surface area contributed by atoms with E-state index in [9.17, 15) is 0 Å². The Bertz CT molecular complexity index is 249. The third-order valence-electron chi connectivity index (χ3n) is 1.32. The van der Waals surface area contributed by atoms with Crippen molar-refractivity contribution in [3.63, 3.8) is 0 Å². The van der Waals surface area contributed by atoms with Crippen molar-refractivity contribution in [1.29, 1.82) is 0 Å². The van der Waals surface area contributed by atoms with Crippen LogP contribution in [0.25, 0.3) is 0 Å². The van der Waals surface area contributed by atoms with E-state index < -0.39 is 3.42 Å². The first-order chi connectivity index (χ1) is 6.14. The Kier molecular flexibility index (Phi) is 4.22. The summed E-state index contributed by atoms with van der Waals surface area (Å²) >= 11 is 6.70. The normalized spacial score (nSPS) is 11.3. The first-order valence-electron chi connectivity index (χ1n) is 3.75. The summed E-state index contributed by atoms with van der Waals surface area (Å²) in [6.07, 6.45) is 0. The molecule has 0 aliphatic heterocycles. The highest BCUT2D eigenvalue weighted by molar-refractivity contribution is 9.25. The monoisotopic (exact) mass is 308 g/mol. The van der Waals surface area contributed by atoms with Crippen molar-refractivity contribution >= 4 is 31.9 Å². The van der Waals surface area contributed by atoms with Crippen LogP contribution < -0.4 is 4.74 Å². The Balaban J connectivity index is 2.58. The minimum absolute atomic E-state index is 0.419. The molecule has 0 saturated carbocycles. The molecule has 0 radical (unpaired) electrons. The Morgan fingerprint density at radius 2 is 1.85 bits per heavy atom. The van der Waals surface area contributed by atoms with Crippen molar-refractivity contribution in [3.8, 4) is 5.75 Å². The predicted octanol–water partition coefficient (Wildman–Crippen LogP) is 3.16. The molecular weight excluding hydrogens is 300 g/mol. The topological polar surface area (TPSA) is 18.5 Å². The summed E-state index contributed by atoms with van der Waals surface area (Å²) < 4.78 is 9.87. The summed E-state index contributed by atoms with van der Waals surface area (Å²) in [5.74, 6) is 0.785. The number of benzene rings is 1. The van der Waals surface area contributed by atoms with E-state index in [4.69, 9.17) is 9.47 Å². The molecule has 1 rings (SSSR count). The maximum absolute atomic E-state index is 5.55. The van der Waals surface area contributed by atoms with E-state index >= 15 is 0 Å². The average Bonchev–Trinajstić information content (AvgIpc) is 2.04. The summed E-state index contributed by atoms with van der Waals surface area (Å²) in [7, 11) is 1.62. The highest BCUT2D eigenvalue weighted by Crippen LogP contribution is 2.29. The summed E-state index contributed by atoms with van der Waals surface area (Å²) in [6, 6.07) is 9.53. The smallest absolute Gasteiger partial charge is 0.240 e. The molecule has 0 aliphatic carbocycles. The van der Waals surface area contributed by atoms with E-state index in [0.717, 1.165) is 5.75 Å². The fourth-order valence-corrected chi connectivity index (χ4v) is 1.69. The SMILES string of the molecule is COCC(Br)(Br)Oc1ccccc1. The molecular formula is C9H10Br2O2. The van der Waals surface area contributed by atoms with E-state index in [1.54, 1.807) is 7.11 Å². The van der Waals surface area contributed by atoms with E-state index in [-0.39, 0.29) is 0 Å². The van der Waals surface area contributed by atoms with E-state index in [2.05, 4.69) is 31.9 Å². The van der Waals surface area contributed by atoms with Crippen LogP contribution >= 0.6 is 31.9 Å². The number of hydrogen-bond acceptors (Lipinski definition) is 2. The Hall–Kier alpha value is -0.0600. The number of halogens is 2. The highest BCUT2D eigenvalue weighted by atomic mass is 79.9. The molecule has 0 N–H and O–H groups in total. The van der Waals surface area contributed by atoms with Gasteiger partial charge in [-0.3, -0.25) is 0 Å². The molecule has 0 aromatic heterocycles. The quantitative estimate of drug-likeness (QED) is 0.796. The van der Waals surface area contributed by atoms with Gasteiger partial charge >= 0.3 is 0 Å². The van der Waals surface area contributed by atoms with Crippen LogP contribution in [0.4, 0.5) is 0 Å². The molecule has 4 heteroatoms. The van der Waals surface area contributed by atoms with Gasteiger partial charge in [0.25, 0.3) is 0 Å². The van der Waals surface area contributed by atoms with Gasteiger partial charge in [0.05, 0.1) is 0 Å². The average molecular weight is 310 g/mol. The molecule has 2 nitrogen and oxygen atoms in total. The molecule has 0 spiro atoms. The maximum Gasteiger partial charge on any atom is 0.240 e. The van der Waals surface area contributed by atoms with Crippen LogP contribution in [0.3, 0.4) is 0 Å². The second-order valence-corrected chi connectivity index (χ2v) is 6.11. The molecule has 13 heavy (non-hydrogen) atoms. The minimum atomic E-state index is -0.643. The summed E-state index contributed by atoms with van der Waals surface area (Å²) in [5, 5.41) is 0. The van der Waals surface area contributed by atoms with Crippen molar-refractivity contribution in [2.24, 2.45) is 0 Å². The first-order valence-corrected chi connectivity index (χ1v) is 5.33. The van der Waals surface area contributed by atoms with Crippen molar-refractivity contribution in [1.82, 2.24) is 0 Å². The van der Waals surface area contributed by atoms with Crippen LogP contribution in [0.5, 0.6) is 5.75 Å². The van der Waals surface area contributed by atoms with Gasteiger partial charge in [0.2, 0.25) is 3.42 Å². The van der Waals surface area contributed by atoms with Crippen molar-refractivity contribution in [3.05, 3.63) is 30.3 Å². The van der Waals surface area contributed by atoms with Crippen LogP contribution in [-0.4, -0.2) is 17.1 Å². The number of methoxy groups -OCH3 is 1. The molecule has 0 fully saturated rings. The third-order valence-corrected chi connectivity index (χ3v) is 2.10. The molecule has 1 aromatic carbocycles. The molecule has 72 valence electrons. The van der Waals surface area contributed by atoms with Gasteiger partial charge in [-0.1, -0.05) is 18.2 Å². The number of rotatable bonds is 4. The zero-order chi connectivity index (χ0) is 9.73. The van der Waals surface area contributed by atoms with Crippen molar-refractivity contribution < 1.29 is 9.47 Å². The van der Waals surface area contributed by atoms with Gasteiger partial charge in [0.15, 0.2) is 0 Å². The molecule has 0 bridgehead atoms. The number of alkyl halides is 2. The standard InChI is InChI=1S/C9H10Br2O2/c1-12-7-9(10,11)13-8-5-3-2-4-6-8/h2-6H,7H2,1H3. The molecule has 0 heterocycles. The maximum atomic E-state index is 5.55. The van der Waals surface area contributed by atoms with Gasteiger partial charge in [-0.15, -0.1) is 0 Å². The van der Waals surface area contributed by atoms with Crippen LogP contribution in [0.15, 0.2) is 30.3 Å². The molecule has 0 saturated heterocycles. The molecule has 0 amide bonds.